The van der Waals surface area contributed by atoms with E-state index in [0.29, 0.717) is 25.7 Å². The fourth-order valence-electron chi connectivity index (χ4n) is 2.19. The summed E-state index contributed by atoms with van der Waals surface area (Å²) >= 11 is 0. The number of rotatable bonds is 10. The summed E-state index contributed by atoms with van der Waals surface area (Å²) in [6.45, 7) is 0.125. The normalized spacial score (nSPS) is 11.3. The van der Waals surface area contributed by atoms with Gasteiger partial charge >= 0.3 is 18.0 Å². The predicted octanol–water partition coefficient (Wildman–Crippen LogP) is 2.58. The van der Waals surface area contributed by atoms with Crippen molar-refractivity contribution in [1.82, 2.24) is 5.32 Å². The molecule has 0 aromatic heterocycles. The number of hydrogen-bond acceptors (Lipinski definition) is 6. The molecule has 1 aromatic carbocycles. The molecule has 1 amide bonds. The van der Waals surface area contributed by atoms with Crippen LogP contribution in [0.3, 0.4) is 0 Å². The Bertz CT molecular complexity index is 546. The van der Waals surface area contributed by atoms with Crippen molar-refractivity contribution in [1.29, 1.82) is 0 Å². The second-order valence-electron chi connectivity index (χ2n) is 5.46. The summed E-state index contributed by atoms with van der Waals surface area (Å²) in [6.07, 6.45) is 2.15. The maximum absolute atomic E-state index is 11.9. The van der Waals surface area contributed by atoms with Gasteiger partial charge in [0, 0.05) is 6.42 Å². The van der Waals surface area contributed by atoms with Crippen LogP contribution < -0.4 is 5.32 Å². The minimum atomic E-state index is -0.772. The van der Waals surface area contributed by atoms with Gasteiger partial charge in [0.2, 0.25) is 0 Å². The van der Waals surface area contributed by atoms with Gasteiger partial charge in [0.15, 0.2) is 0 Å². The second-order valence-corrected chi connectivity index (χ2v) is 5.46. The summed E-state index contributed by atoms with van der Waals surface area (Å²) in [5.74, 6) is -0.781. The molecule has 0 aliphatic rings. The quantitative estimate of drug-likeness (QED) is 0.396. The van der Waals surface area contributed by atoms with E-state index in [1.165, 1.54) is 14.2 Å². The van der Waals surface area contributed by atoms with Crippen molar-refractivity contribution in [3.05, 3.63) is 35.9 Å². The van der Waals surface area contributed by atoms with Crippen LogP contribution in [0.15, 0.2) is 30.3 Å². The number of benzene rings is 1. The molecular weight excluding hydrogens is 326 g/mol. The van der Waals surface area contributed by atoms with Gasteiger partial charge in [0.05, 0.1) is 14.2 Å². The van der Waals surface area contributed by atoms with Crippen LogP contribution in [0.2, 0.25) is 0 Å². The zero-order chi connectivity index (χ0) is 18.5. The fourth-order valence-corrected chi connectivity index (χ4v) is 2.19. The third kappa shape index (κ3) is 8.74. The number of alkyl carbamates (subject to hydrolysis) is 1. The number of ether oxygens (including phenoxy) is 3. The topological polar surface area (TPSA) is 90.9 Å². The predicted molar refractivity (Wildman–Crippen MR) is 90.7 cm³/mol. The first-order chi connectivity index (χ1) is 12.1. The highest BCUT2D eigenvalue weighted by Gasteiger charge is 2.21. The molecule has 0 bridgehead atoms. The molecule has 1 N–H and O–H groups in total. The standard InChI is InChI=1S/C18H25NO6/c1-23-16(20)12-8-4-7-11-15(17(21)24-2)19-18(22)25-13-14-9-5-3-6-10-14/h3,5-6,9-10,15H,4,7-8,11-13H2,1-2H3,(H,19,22). The van der Waals surface area contributed by atoms with E-state index in [9.17, 15) is 14.4 Å². The molecule has 1 aromatic rings. The molecule has 25 heavy (non-hydrogen) atoms. The first-order valence-electron chi connectivity index (χ1n) is 8.18. The minimum absolute atomic E-state index is 0.125. The minimum Gasteiger partial charge on any atom is -0.469 e. The Morgan fingerprint density at radius 1 is 1.00 bits per heavy atom. The van der Waals surface area contributed by atoms with Gasteiger partial charge in [-0.15, -0.1) is 0 Å². The van der Waals surface area contributed by atoms with Crippen LogP contribution in [-0.2, 0) is 30.4 Å². The van der Waals surface area contributed by atoms with Gasteiger partial charge in [-0.25, -0.2) is 9.59 Å². The molecule has 0 saturated carbocycles. The third-order valence-corrected chi connectivity index (χ3v) is 3.59. The number of unbranched alkanes of at least 4 members (excludes halogenated alkanes) is 2. The highest BCUT2D eigenvalue weighted by atomic mass is 16.6. The lowest BCUT2D eigenvalue weighted by atomic mass is 10.1. The lowest BCUT2D eigenvalue weighted by Crippen LogP contribution is -2.41. The van der Waals surface area contributed by atoms with Crippen molar-refractivity contribution >= 4 is 18.0 Å². The Morgan fingerprint density at radius 3 is 2.36 bits per heavy atom. The molecule has 1 atom stereocenters. The van der Waals surface area contributed by atoms with Gasteiger partial charge in [-0.3, -0.25) is 4.79 Å². The van der Waals surface area contributed by atoms with Crippen LogP contribution in [0.1, 0.15) is 37.7 Å². The summed E-state index contributed by atoms with van der Waals surface area (Å²) < 4.78 is 14.4. The van der Waals surface area contributed by atoms with E-state index in [0.717, 1.165) is 12.0 Å². The Morgan fingerprint density at radius 2 is 1.72 bits per heavy atom. The molecule has 0 heterocycles. The van der Waals surface area contributed by atoms with Crippen molar-refractivity contribution in [2.45, 2.75) is 44.8 Å². The average molecular weight is 351 g/mol. The largest absolute Gasteiger partial charge is 0.469 e. The molecule has 7 heteroatoms. The zero-order valence-electron chi connectivity index (χ0n) is 14.7. The average Bonchev–Trinajstić information content (AvgIpc) is 2.65. The van der Waals surface area contributed by atoms with Crippen LogP contribution in [0.25, 0.3) is 0 Å². The molecular formula is C18H25NO6. The first-order valence-corrected chi connectivity index (χ1v) is 8.18. The fraction of sp³-hybridized carbons (Fsp3) is 0.500. The molecule has 0 fully saturated rings. The van der Waals surface area contributed by atoms with E-state index in [1.54, 1.807) is 0 Å². The maximum atomic E-state index is 11.9. The lowest BCUT2D eigenvalue weighted by molar-refractivity contribution is -0.143. The van der Waals surface area contributed by atoms with Gasteiger partial charge in [-0.05, 0) is 18.4 Å². The van der Waals surface area contributed by atoms with Crippen LogP contribution in [0.5, 0.6) is 0 Å². The maximum Gasteiger partial charge on any atom is 0.408 e. The van der Waals surface area contributed by atoms with E-state index in [4.69, 9.17) is 9.47 Å². The monoisotopic (exact) mass is 351 g/mol. The van der Waals surface area contributed by atoms with Crippen LogP contribution >= 0.6 is 0 Å². The highest BCUT2D eigenvalue weighted by molar-refractivity contribution is 5.81. The second kappa shape index (κ2) is 11.9. The Labute approximate surface area is 147 Å². The smallest absolute Gasteiger partial charge is 0.408 e. The summed E-state index contributed by atoms with van der Waals surface area (Å²) in [7, 11) is 2.62. The van der Waals surface area contributed by atoms with Crippen molar-refractivity contribution in [3.8, 4) is 0 Å². The van der Waals surface area contributed by atoms with Crippen molar-refractivity contribution in [3.63, 3.8) is 0 Å². The molecule has 0 saturated heterocycles. The number of carbonyl (C=O) groups excluding carboxylic acids is 3. The van der Waals surface area contributed by atoms with E-state index < -0.39 is 18.1 Å². The molecule has 0 aliphatic carbocycles. The van der Waals surface area contributed by atoms with E-state index in [-0.39, 0.29) is 12.6 Å². The third-order valence-electron chi connectivity index (χ3n) is 3.59. The molecule has 138 valence electrons. The molecule has 1 unspecified atom stereocenters. The number of methoxy groups -OCH3 is 2. The molecule has 1 rings (SSSR count). The zero-order valence-corrected chi connectivity index (χ0v) is 14.7. The number of esters is 2. The van der Waals surface area contributed by atoms with Gasteiger partial charge in [-0.1, -0.05) is 43.2 Å². The van der Waals surface area contributed by atoms with Crippen LogP contribution in [0.4, 0.5) is 4.79 Å². The summed E-state index contributed by atoms with van der Waals surface area (Å²) in [5.41, 5.74) is 0.857. The Kier molecular flexibility index (Phi) is 9.74. The number of hydrogen-bond donors (Lipinski definition) is 1. The Balaban J connectivity index is 2.35. The number of carbonyl (C=O) groups is 3. The number of amides is 1. The first kappa shape index (κ1) is 20.5. The lowest BCUT2D eigenvalue weighted by Gasteiger charge is -2.16. The van der Waals surface area contributed by atoms with Crippen molar-refractivity contribution < 1.29 is 28.6 Å². The Hall–Kier alpha value is -2.57. The molecule has 7 nitrogen and oxygen atoms in total. The summed E-state index contributed by atoms with van der Waals surface area (Å²) in [4.78, 5) is 34.7. The molecule has 0 radical (unpaired) electrons. The summed E-state index contributed by atoms with van der Waals surface area (Å²) in [5, 5.41) is 2.52. The van der Waals surface area contributed by atoms with E-state index in [2.05, 4.69) is 10.1 Å². The van der Waals surface area contributed by atoms with E-state index in [1.807, 2.05) is 30.3 Å². The van der Waals surface area contributed by atoms with Crippen LogP contribution in [0, 0.1) is 0 Å². The highest BCUT2D eigenvalue weighted by Crippen LogP contribution is 2.08. The van der Waals surface area contributed by atoms with Gasteiger partial charge < -0.3 is 19.5 Å². The van der Waals surface area contributed by atoms with Gasteiger partial charge in [0.1, 0.15) is 12.6 Å². The van der Waals surface area contributed by atoms with Crippen molar-refractivity contribution in [2.24, 2.45) is 0 Å². The van der Waals surface area contributed by atoms with Gasteiger partial charge in [0.25, 0.3) is 0 Å². The van der Waals surface area contributed by atoms with Gasteiger partial charge in [-0.2, -0.15) is 0 Å². The van der Waals surface area contributed by atoms with Crippen LogP contribution in [-0.4, -0.2) is 38.3 Å². The SMILES string of the molecule is COC(=O)CCCCCC(NC(=O)OCc1ccccc1)C(=O)OC. The van der Waals surface area contributed by atoms with E-state index >= 15 is 0 Å². The molecule has 0 aliphatic heterocycles. The summed E-state index contributed by atoms with van der Waals surface area (Å²) in [6, 6.07) is 8.48. The van der Waals surface area contributed by atoms with Crippen molar-refractivity contribution in [2.75, 3.05) is 14.2 Å². The molecule has 0 spiro atoms. The number of nitrogens with one attached hydrogen (secondary N) is 1.